The van der Waals surface area contributed by atoms with Crippen molar-refractivity contribution in [3.05, 3.63) is 75.3 Å². The Morgan fingerprint density at radius 1 is 1.03 bits per heavy atom. The fraction of sp³-hybridized carbons (Fsp3) is 0.227. The second-order valence-electron chi connectivity index (χ2n) is 7.38. The molecule has 0 heterocycles. The summed E-state index contributed by atoms with van der Waals surface area (Å²) < 4.78 is 57.8. The Bertz CT molecular complexity index is 1240. The molecule has 3 rings (SSSR count). The van der Waals surface area contributed by atoms with Gasteiger partial charge in [0.25, 0.3) is 5.91 Å². The van der Waals surface area contributed by atoms with E-state index in [1.54, 1.807) is 0 Å². The van der Waals surface area contributed by atoms with Gasteiger partial charge >= 0.3 is 6.18 Å². The number of amides is 1. The van der Waals surface area contributed by atoms with Crippen LogP contribution < -0.4 is 19.8 Å². The molecule has 0 unspecified atom stereocenters. The molecular formula is C22H17Cl2F3NO5P-2. The maximum atomic E-state index is 13.9. The number of benzene rings is 3. The standard InChI is InChI=1S/C22H19Cl2F3NO5P/c23-16-8-13(9-17(24)11-16)12-33-19-5-3-14-10-15(2-4-18(14)20(19)22(25,26)27)21(29)28-6-1-7-34(30,31)32/h2-5,8-11H,1,6-7,12H2,(H,28,29)(H2,30,31,32)/p-2. The second-order valence-corrected chi connectivity index (χ2v) is 9.92. The molecule has 0 spiro atoms. The summed E-state index contributed by atoms with van der Waals surface area (Å²) in [6.45, 7) is -0.269. The van der Waals surface area contributed by atoms with Crippen molar-refractivity contribution in [2.24, 2.45) is 0 Å². The molecular weight excluding hydrogens is 517 g/mol. The van der Waals surface area contributed by atoms with Crippen molar-refractivity contribution in [3.63, 3.8) is 0 Å². The maximum absolute atomic E-state index is 13.9. The number of rotatable bonds is 8. The topological polar surface area (TPSA) is 102 Å². The van der Waals surface area contributed by atoms with E-state index in [9.17, 15) is 32.3 Å². The van der Waals surface area contributed by atoms with Gasteiger partial charge in [0.1, 0.15) is 17.9 Å². The van der Waals surface area contributed by atoms with Gasteiger partial charge in [-0.3, -0.25) is 4.79 Å². The number of hydrogen-bond acceptors (Lipinski definition) is 5. The highest BCUT2D eigenvalue weighted by molar-refractivity contribution is 7.48. The highest BCUT2D eigenvalue weighted by atomic mass is 35.5. The Morgan fingerprint density at radius 2 is 1.71 bits per heavy atom. The Kier molecular flexibility index (Phi) is 8.16. The van der Waals surface area contributed by atoms with Crippen molar-refractivity contribution in [3.8, 4) is 5.75 Å². The van der Waals surface area contributed by atoms with E-state index >= 15 is 0 Å². The molecule has 0 aliphatic heterocycles. The predicted molar refractivity (Wildman–Crippen MR) is 119 cm³/mol. The molecule has 6 nitrogen and oxygen atoms in total. The molecule has 0 fully saturated rings. The molecule has 1 amide bonds. The molecule has 0 atom stereocenters. The first-order chi connectivity index (χ1) is 15.8. The molecule has 3 aromatic rings. The van der Waals surface area contributed by atoms with Gasteiger partial charge in [-0.15, -0.1) is 0 Å². The summed E-state index contributed by atoms with van der Waals surface area (Å²) >= 11 is 11.8. The van der Waals surface area contributed by atoms with Gasteiger partial charge in [-0.2, -0.15) is 13.2 Å². The van der Waals surface area contributed by atoms with Crippen LogP contribution in [-0.2, 0) is 17.3 Å². The molecule has 0 aliphatic rings. The van der Waals surface area contributed by atoms with E-state index in [0.29, 0.717) is 15.6 Å². The Labute approximate surface area is 202 Å². The smallest absolute Gasteiger partial charge is 0.420 e. The van der Waals surface area contributed by atoms with Crippen LogP contribution in [0.2, 0.25) is 10.0 Å². The molecule has 0 bridgehead atoms. The third kappa shape index (κ3) is 7.10. The van der Waals surface area contributed by atoms with Gasteiger partial charge in [0, 0.05) is 22.2 Å². The first kappa shape index (κ1) is 26.3. The molecule has 0 saturated carbocycles. The summed E-state index contributed by atoms with van der Waals surface area (Å²) in [5.74, 6) is -1.01. The van der Waals surface area contributed by atoms with Crippen LogP contribution in [0.25, 0.3) is 10.8 Å². The summed E-state index contributed by atoms with van der Waals surface area (Å²) in [6, 6.07) is 10.8. The van der Waals surface area contributed by atoms with E-state index in [1.165, 1.54) is 48.5 Å². The van der Waals surface area contributed by atoms with Crippen LogP contribution in [0.5, 0.6) is 5.75 Å². The number of hydrogen-bond donors (Lipinski definition) is 1. The largest absolute Gasteiger partial charge is 0.811 e. The summed E-state index contributed by atoms with van der Waals surface area (Å²) in [5.41, 5.74) is -0.426. The van der Waals surface area contributed by atoms with Gasteiger partial charge in [0.2, 0.25) is 0 Å². The van der Waals surface area contributed by atoms with E-state index in [2.05, 4.69) is 5.32 Å². The number of ether oxygens (including phenoxy) is 1. The third-order valence-corrected chi connectivity index (χ3v) is 6.04. The van der Waals surface area contributed by atoms with Crippen molar-refractivity contribution >= 4 is 47.5 Å². The van der Waals surface area contributed by atoms with E-state index < -0.39 is 37.2 Å². The summed E-state index contributed by atoms with van der Waals surface area (Å²) in [5, 5.41) is 3.07. The zero-order valence-corrected chi connectivity index (χ0v) is 19.7. The van der Waals surface area contributed by atoms with Crippen LogP contribution in [-0.4, -0.2) is 18.6 Å². The van der Waals surface area contributed by atoms with Gasteiger partial charge in [0.05, 0.1) is 0 Å². The Balaban J connectivity index is 1.84. The average molecular weight is 534 g/mol. The fourth-order valence-electron chi connectivity index (χ4n) is 3.30. The lowest BCUT2D eigenvalue weighted by atomic mass is 10.0. The Hall–Kier alpha value is -2.29. The first-order valence-electron chi connectivity index (χ1n) is 9.84. The highest BCUT2D eigenvalue weighted by Crippen LogP contribution is 2.42. The molecule has 1 N–H and O–H groups in total. The van der Waals surface area contributed by atoms with E-state index in [-0.39, 0.29) is 35.9 Å². The van der Waals surface area contributed by atoms with Crippen molar-refractivity contribution in [1.29, 1.82) is 0 Å². The monoisotopic (exact) mass is 533 g/mol. The molecule has 12 heteroatoms. The molecule has 34 heavy (non-hydrogen) atoms. The van der Waals surface area contributed by atoms with Crippen LogP contribution in [0, 0.1) is 0 Å². The first-order valence-corrected chi connectivity index (χ1v) is 12.3. The Morgan fingerprint density at radius 3 is 2.32 bits per heavy atom. The SMILES string of the molecule is O=C(NCCCP(=O)([O-])[O-])c1ccc2c(C(F)(F)F)c(OCc3cc(Cl)cc(Cl)c3)ccc2c1. The lowest BCUT2D eigenvalue weighted by molar-refractivity contribution is -0.313. The van der Waals surface area contributed by atoms with Gasteiger partial charge in [-0.05, 0) is 65.3 Å². The van der Waals surface area contributed by atoms with Crippen LogP contribution in [0.1, 0.15) is 27.9 Å². The summed E-state index contributed by atoms with van der Waals surface area (Å²) in [4.78, 5) is 33.5. The van der Waals surface area contributed by atoms with Gasteiger partial charge in [0.15, 0.2) is 0 Å². The van der Waals surface area contributed by atoms with Crippen molar-refractivity contribution < 1.29 is 37.1 Å². The minimum atomic E-state index is -4.74. The zero-order valence-electron chi connectivity index (χ0n) is 17.3. The lowest BCUT2D eigenvalue weighted by Crippen LogP contribution is -2.26. The molecule has 0 aliphatic carbocycles. The van der Waals surface area contributed by atoms with Crippen LogP contribution in [0.15, 0.2) is 48.5 Å². The minimum Gasteiger partial charge on any atom is -0.811 e. The van der Waals surface area contributed by atoms with Crippen molar-refractivity contribution in [2.45, 2.75) is 19.2 Å². The van der Waals surface area contributed by atoms with Crippen LogP contribution >= 0.6 is 30.8 Å². The second kappa shape index (κ2) is 10.5. The number of nitrogens with one attached hydrogen (secondary N) is 1. The molecule has 3 aromatic carbocycles. The van der Waals surface area contributed by atoms with E-state index in [1.807, 2.05) is 0 Å². The minimum absolute atomic E-state index is 0.0691. The molecule has 0 aromatic heterocycles. The number of carbonyl (C=O) groups excluding carboxylic acids is 1. The molecule has 182 valence electrons. The third-order valence-electron chi connectivity index (χ3n) is 4.74. The highest BCUT2D eigenvalue weighted by Gasteiger charge is 2.36. The normalized spacial score (nSPS) is 12.1. The summed E-state index contributed by atoms with van der Waals surface area (Å²) in [7, 11) is -4.67. The van der Waals surface area contributed by atoms with Crippen LogP contribution in [0.3, 0.4) is 0 Å². The maximum Gasteiger partial charge on any atom is 0.420 e. The predicted octanol–water partition coefficient (Wildman–Crippen LogP) is 4.78. The number of fused-ring (bicyclic) bond motifs is 1. The van der Waals surface area contributed by atoms with E-state index in [0.717, 1.165) is 0 Å². The quantitative estimate of drug-likeness (QED) is 0.331. The lowest BCUT2D eigenvalue weighted by Gasteiger charge is -2.29. The van der Waals surface area contributed by atoms with Gasteiger partial charge < -0.3 is 24.4 Å². The van der Waals surface area contributed by atoms with Crippen LogP contribution in [0.4, 0.5) is 13.2 Å². The number of carbonyl (C=O) groups is 1. The number of alkyl halides is 3. The average Bonchev–Trinajstić information content (AvgIpc) is 2.72. The summed E-state index contributed by atoms with van der Waals surface area (Å²) in [6.07, 6.45) is -5.42. The van der Waals surface area contributed by atoms with E-state index in [4.69, 9.17) is 27.9 Å². The number of halogens is 5. The van der Waals surface area contributed by atoms with Crippen molar-refractivity contribution in [1.82, 2.24) is 5.32 Å². The fourth-order valence-corrected chi connectivity index (χ4v) is 4.41. The van der Waals surface area contributed by atoms with Gasteiger partial charge in [-0.1, -0.05) is 42.9 Å². The van der Waals surface area contributed by atoms with Gasteiger partial charge in [-0.25, -0.2) is 0 Å². The van der Waals surface area contributed by atoms with Crippen molar-refractivity contribution in [2.75, 3.05) is 12.7 Å². The molecule has 0 radical (unpaired) electrons. The molecule has 0 saturated heterocycles. The zero-order chi connectivity index (χ0) is 25.1.